The zero-order chi connectivity index (χ0) is 13.6. The molecule has 18 heavy (non-hydrogen) atoms. The molecule has 0 aliphatic heterocycles. The van der Waals surface area contributed by atoms with Crippen LogP contribution in [0.3, 0.4) is 0 Å². The van der Waals surface area contributed by atoms with Crippen molar-refractivity contribution >= 4 is 11.7 Å². The molecule has 1 rings (SSSR count). The molecular weight excluding hydrogens is 224 g/mol. The van der Waals surface area contributed by atoms with Gasteiger partial charge in [-0.3, -0.25) is 0 Å². The summed E-state index contributed by atoms with van der Waals surface area (Å²) in [5, 5.41) is 5.45. The predicted octanol–water partition coefficient (Wildman–Crippen LogP) is 3.13. The average Bonchev–Trinajstić information content (AvgIpc) is 2.29. The third kappa shape index (κ3) is 4.50. The molecule has 0 heterocycles. The minimum Gasteiger partial charge on any atom is -0.337 e. The van der Waals surface area contributed by atoms with Gasteiger partial charge in [0.1, 0.15) is 0 Å². The highest BCUT2D eigenvalue weighted by Gasteiger charge is 2.12. The van der Waals surface area contributed by atoms with E-state index in [1.54, 1.807) is 0 Å². The van der Waals surface area contributed by atoms with Crippen LogP contribution in [-0.4, -0.2) is 12.6 Å². The standard InChI is InChI=1S/C15H20N2O/c1-5-6-11-16-14(18)17-13-9-7-12(8-10-13)15(2,3)4/h1,7-10H,6,11H2,2-4H3,(H2,16,17,18). The van der Waals surface area contributed by atoms with Gasteiger partial charge in [0.2, 0.25) is 0 Å². The Morgan fingerprint density at radius 1 is 1.28 bits per heavy atom. The van der Waals surface area contributed by atoms with Crippen molar-refractivity contribution < 1.29 is 4.79 Å². The molecule has 0 aromatic heterocycles. The van der Waals surface area contributed by atoms with Crippen molar-refractivity contribution in [2.24, 2.45) is 0 Å². The molecule has 0 spiro atoms. The van der Waals surface area contributed by atoms with Gasteiger partial charge in [-0.1, -0.05) is 32.9 Å². The molecule has 0 radical (unpaired) electrons. The Balaban J connectivity index is 2.54. The van der Waals surface area contributed by atoms with E-state index in [0.717, 1.165) is 5.69 Å². The fourth-order valence-corrected chi connectivity index (χ4v) is 1.48. The second-order valence-corrected chi connectivity index (χ2v) is 5.16. The number of urea groups is 1. The van der Waals surface area contributed by atoms with Crippen molar-refractivity contribution in [2.45, 2.75) is 32.6 Å². The maximum Gasteiger partial charge on any atom is 0.319 e. The van der Waals surface area contributed by atoms with Crippen molar-refractivity contribution in [3.63, 3.8) is 0 Å². The van der Waals surface area contributed by atoms with Gasteiger partial charge in [0.05, 0.1) is 0 Å². The molecule has 96 valence electrons. The number of nitrogens with one attached hydrogen (secondary N) is 2. The number of anilines is 1. The van der Waals surface area contributed by atoms with E-state index in [2.05, 4.69) is 37.3 Å². The fourth-order valence-electron chi connectivity index (χ4n) is 1.48. The molecule has 0 saturated carbocycles. The van der Waals surface area contributed by atoms with E-state index < -0.39 is 0 Å². The molecule has 0 unspecified atom stereocenters. The molecule has 0 bridgehead atoms. The van der Waals surface area contributed by atoms with Crippen LogP contribution in [0.2, 0.25) is 0 Å². The van der Waals surface area contributed by atoms with Crippen LogP contribution >= 0.6 is 0 Å². The second-order valence-electron chi connectivity index (χ2n) is 5.16. The molecule has 2 amide bonds. The summed E-state index contributed by atoms with van der Waals surface area (Å²) in [6.45, 7) is 6.95. The summed E-state index contributed by atoms with van der Waals surface area (Å²) >= 11 is 0. The van der Waals surface area contributed by atoms with Crippen molar-refractivity contribution in [2.75, 3.05) is 11.9 Å². The number of hydrogen-bond acceptors (Lipinski definition) is 1. The lowest BCUT2D eigenvalue weighted by molar-refractivity contribution is 0.252. The van der Waals surface area contributed by atoms with Gasteiger partial charge in [0.25, 0.3) is 0 Å². The first-order valence-electron chi connectivity index (χ1n) is 6.02. The summed E-state index contributed by atoms with van der Waals surface area (Å²) in [4.78, 5) is 11.5. The Bertz CT molecular complexity index is 435. The molecule has 3 heteroatoms. The van der Waals surface area contributed by atoms with Gasteiger partial charge in [0.15, 0.2) is 0 Å². The molecule has 1 aromatic rings. The molecule has 3 nitrogen and oxygen atoms in total. The molecule has 0 aliphatic carbocycles. The molecule has 0 aliphatic rings. The van der Waals surface area contributed by atoms with E-state index >= 15 is 0 Å². The van der Waals surface area contributed by atoms with E-state index in [-0.39, 0.29) is 11.4 Å². The number of carbonyl (C=O) groups is 1. The normalized spacial score (nSPS) is 10.6. The molecule has 2 N–H and O–H groups in total. The second kappa shape index (κ2) is 6.11. The Kier molecular flexibility index (Phi) is 4.79. The number of rotatable bonds is 3. The number of amides is 2. The Morgan fingerprint density at radius 3 is 2.39 bits per heavy atom. The van der Waals surface area contributed by atoms with Crippen molar-refractivity contribution in [3.8, 4) is 12.3 Å². The van der Waals surface area contributed by atoms with E-state index in [1.165, 1.54) is 5.56 Å². The van der Waals surface area contributed by atoms with E-state index in [0.29, 0.717) is 13.0 Å². The van der Waals surface area contributed by atoms with Gasteiger partial charge >= 0.3 is 6.03 Å². The van der Waals surface area contributed by atoms with Gasteiger partial charge in [-0.2, -0.15) is 0 Å². The first-order chi connectivity index (χ1) is 8.43. The van der Waals surface area contributed by atoms with E-state index in [9.17, 15) is 4.79 Å². The molecule has 0 fully saturated rings. The largest absolute Gasteiger partial charge is 0.337 e. The minimum atomic E-state index is -0.228. The van der Waals surface area contributed by atoms with Gasteiger partial charge in [-0.05, 0) is 23.1 Å². The lowest BCUT2D eigenvalue weighted by Gasteiger charge is -2.19. The van der Waals surface area contributed by atoms with Crippen LogP contribution in [0.15, 0.2) is 24.3 Å². The SMILES string of the molecule is C#CCCNC(=O)Nc1ccc(C(C)(C)C)cc1. The highest BCUT2D eigenvalue weighted by atomic mass is 16.2. The zero-order valence-corrected chi connectivity index (χ0v) is 11.2. The third-order valence-electron chi connectivity index (χ3n) is 2.56. The number of benzene rings is 1. The van der Waals surface area contributed by atoms with Crippen molar-refractivity contribution in [1.29, 1.82) is 0 Å². The van der Waals surface area contributed by atoms with Crippen LogP contribution in [0, 0.1) is 12.3 Å². The maximum absolute atomic E-state index is 11.5. The van der Waals surface area contributed by atoms with Crippen LogP contribution < -0.4 is 10.6 Å². The lowest BCUT2D eigenvalue weighted by atomic mass is 9.87. The van der Waals surface area contributed by atoms with Crippen LogP contribution in [0.4, 0.5) is 10.5 Å². The van der Waals surface area contributed by atoms with Crippen LogP contribution in [-0.2, 0) is 5.41 Å². The quantitative estimate of drug-likeness (QED) is 0.622. The van der Waals surface area contributed by atoms with Crippen molar-refractivity contribution in [3.05, 3.63) is 29.8 Å². The summed E-state index contributed by atoms with van der Waals surface area (Å²) in [5.41, 5.74) is 2.13. The Morgan fingerprint density at radius 2 is 1.89 bits per heavy atom. The molecule has 0 atom stereocenters. The van der Waals surface area contributed by atoms with E-state index in [4.69, 9.17) is 6.42 Å². The maximum atomic E-state index is 11.5. The summed E-state index contributed by atoms with van der Waals surface area (Å²) in [7, 11) is 0. The fraction of sp³-hybridized carbons (Fsp3) is 0.400. The van der Waals surface area contributed by atoms with Gasteiger partial charge in [0, 0.05) is 18.7 Å². The van der Waals surface area contributed by atoms with Crippen LogP contribution in [0.5, 0.6) is 0 Å². The minimum absolute atomic E-state index is 0.119. The highest BCUT2D eigenvalue weighted by molar-refractivity contribution is 5.89. The number of terminal acetylenes is 1. The smallest absolute Gasteiger partial charge is 0.319 e. The summed E-state index contributed by atoms with van der Waals surface area (Å²) in [6, 6.07) is 7.63. The third-order valence-corrected chi connectivity index (χ3v) is 2.56. The van der Waals surface area contributed by atoms with Gasteiger partial charge < -0.3 is 10.6 Å². The molecule has 1 aromatic carbocycles. The Hall–Kier alpha value is -1.95. The van der Waals surface area contributed by atoms with Crippen LogP contribution in [0.25, 0.3) is 0 Å². The highest BCUT2D eigenvalue weighted by Crippen LogP contribution is 2.23. The predicted molar refractivity (Wildman–Crippen MR) is 75.6 cm³/mol. The first kappa shape index (κ1) is 14.1. The van der Waals surface area contributed by atoms with E-state index in [1.807, 2.05) is 24.3 Å². The molecule has 0 saturated heterocycles. The average molecular weight is 244 g/mol. The lowest BCUT2D eigenvalue weighted by Crippen LogP contribution is -2.29. The summed E-state index contributed by atoms with van der Waals surface area (Å²) in [6.07, 6.45) is 5.64. The van der Waals surface area contributed by atoms with Crippen LogP contribution in [0.1, 0.15) is 32.8 Å². The van der Waals surface area contributed by atoms with Gasteiger partial charge in [-0.25, -0.2) is 4.79 Å². The zero-order valence-electron chi connectivity index (χ0n) is 11.2. The Labute approximate surface area is 109 Å². The van der Waals surface area contributed by atoms with Gasteiger partial charge in [-0.15, -0.1) is 12.3 Å². The summed E-state index contributed by atoms with van der Waals surface area (Å²) < 4.78 is 0. The monoisotopic (exact) mass is 244 g/mol. The first-order valence-corrected chi connectivity index (χ1v) is 6.02. The number of carbonyl (C=O) groups excluding carboxylic acids is 1. The summed E-state index contributed by atoms with van der Waals surface area (Å²) in [5.74, 6) is 2.47. The topological polar surface area (TPSA) is 41.1 Å². The van der Waals surface area contributed by atoms with Crippen molar-refractivity contribution in [1.82, 2.24) is 5.32 Å². The number of hydrogen-bond donors (Lipinski definition) is 2. The molecular formula is C15H20N2O.